The third kappa shape index (κ3) is 2.23. The lowest BCUT2D eigenvalue weighted by atomic mass is 10.3. The SMILES string of the molecule is Nc1cccc(Sc2nccs2)c1. The second-order valence-corrected chi connectivity index (χ2v) is 4.69. The first-order chi connectivity index (χ1) is 6.34. The first-order valence-corrected chi connectivity index (χ1v) is 5.47. The summed E-state index contributed by atoms with van der Waals surface area (Å²) in [5.74, 6) is 0. The molecule has 2 aromatic rings. The average molecular weight is 208 g/mol. The summed E-state index contributed by atoms with van der Waals surface area (Å²) >= 11 is 3.27. The summed E-state index contributed by atoms with van der Waals surface area (Å²) in [5, 5.41) is 1.97. The molecule has 0 aliphatic heterocycles. The number of aromatic nitrogens is 1. The van der Waals surface area contributed by atoms with Gasteiger partial charge in [-0.25, -0.2) is 4.98 Å². The van der Waals surface area contributed by atoms with Crippen molar-refractivity contribution in [3.05, 3.63) is 35.8 Å². The number of benzene rings is 1. The van der Waals surface area contributed by atoms with E-state index in [2.05, 4.69) is 4.98 Å². The van der Waals surface area contributed by atoms with Crippen molar-refractivity contribution in [3.8, 4) is 0 Å². The Hall–Kier alpha value is -1.00. The Labute approximate surface area is 84.8 Å². The van der Waals surface area contributed by atoms with Crippen LogP contribution in [0, 0.1) is 0 Å². The summed E-state index contributed by atoms with van der Waals surface area (Å²) in [5.41, 5.74) is 6.45. The average Bonchev–Trinajstić information content (AvgIpc) is 2.57. The van der Waals surface area contributed by atoms with E-state index in [1.165, 1.54) is 0 Å². The fourth-order valence-electron chi connectivity index (χ4n) is 0.940. The lowest BCUT2D eigenvalue weighted by Gasteiger charge is -1.97. The number of hydrogen-bond acceptors (Lipinski definition) is 4. The van der Waals surface area contributed by atoms with Crippen LogP contribution in [0.3, 0.4) is 0 Å². The van der Waals surface area contributed by atoms with E-state index in [1.807, 2.05) is 29.6 Å². The van der Waals surface area contributed by atoms with Gasteiger partial charge in [0.15, 0.2) is 4.34 Å². The first-order valence-electron chi connectivity index (χ1n) is 3.77. The summed E-state index contributed by atoms with van der Waals surface area (Å²) in [6, 6.07) is 7.81. The summed E-state index contributed by atoms with van der Waals surface area (Å²) in [7, 11) is 0. The number of nitrogen functional groups attached to an aromatic ring is 1. The molecule has 0 fully saturated rings. The van der Waals surface area contributed by atoms with Crippen LogP contribution >= 0.6 is 23.1 Å². The molecule has 0 radical (unpaired) electrons. The van der Waals surface area contributed by atoms with Gasteiger partial charge in [-0.15, -0.1) is 11.3 Å². The van der Waals surface area contributed by atoms with Gasteiger partial charge >= 0.3 is 0 Å². The van der Waals surface area contributed by atoms with Crippen molar-refractivity contribution in [1.29, 1.82) is 0 Å². The van der Waals surface area contributed by atoms with E-state index < -0.39 is 0 Å². The van der Waals surface area contributed by atoms with E-state index in [0.29, 0.717) is 0 Å². The zero-order valence-electron chi connectivity index (χ0n) is 6.81. The van der Waals surface area contributed by atoms with Crippen molar-refractivity contribution in [1.82, 2.24) is 4.98 Å². The quantitative estimate of drug-likeness (QED) is 0.771. The molecular formula is C9H8N2S2. The van der Waals surface area contributed by atoms with Crippen LogP contribution in [0.15, 0.2) is 45.1 Å². The summed E-state index contributed by atoms with van der Waals surface area (Å²) in [6.45, 7) is 0. The Balaban J connectivity index is 2.19. The molecule has 0 saturated heterocycles. The largest absolute Gasteiger partial charge is 0.399 e. The lowest BCUT2D eigenvalue weighted by molar-refractivity contribution is 1.25. The molecule has 2 nitrogen and oxygen atoms in total. The molecule has 0 bridgehead atoms. The molecule has 0 atom stereocenters. The van der Waals surface area contributed by atoms with Crippen LogP contribution in [0.4, 0.5) is 5.69 Å². The Morgan fingerprint density at radius 3 is 3.00 bits per heavy atom. The Morgan fingerprint density at radius 1 is 1.38 bits per heavy atom. The second kappa shape index (κ2) is 3.81. The van der Waals surface area contributed by atoms with Crippen LogP contribution < -0.4 is 5.73 Å². The van der Waals surface area contributed by atoms with E-state index in [0.717, 1.165) is 14.9 Å². The lowest BCUT2D eigenvalue weighted by Crippen LogP contribution is -1.82. The maximum atomic E-state index is 5.66. The van der Waals surface area contributed by atoms with Crippen LogP contribution in [-0.2, 0) is 0 Å². The highest BCUT2D eigenvalue weighted by Gasteiger charge is 1.98. The number of hydrogen-bond donors (Lipinski definition) is 1. The number of anilines is 1. The molecule has 0 unspecified atom stereocenters. The van der Waals surface area contributed by atoms with Crippen LogP contribution in [-0.4, -0.2) is 4.98 Å². The van der Waals surface area contributed by atoms with Gasteiger partial charge in [0.25, 0.3) is 0 Å². The molecule has 2 rings (SSSR count). The predicted molar refractivity (Wildman–Crippen MR) is 57.1 cm³/mol. The van der Waals surface area contributed by atoms with Gasteiger partial charge < -0.3 is 5.73 Å². The minimum atomic E-state index is 0.793. The summed E-state index contributed by atoms with van der Waals surface area (Å²) in [4.78, 5) is 5.32. The van der Waals surface area contributed by atoms with Crippen LogP contribution in [0.5, 0.6) is 0 Å². The van der Waals surface area contributed by atoms with Crippen molar-refractivity contribution >= 4 is 28.8 Å². The molecule has 4 heteroatoms. The smallest absolute Gasteiger partial charge is 0.154 e. The van der Waals surface area contributed by atoms with Crippen LogP contribution in [0.2, 0.25) is 0 Å². The molecule has 66 valence electrons. The van der Waals surface area contributed by atoms with E-state index in [-0.39, 0.29) is 0 Å². The molecule has 1 aromatic heterocycles. The molecule has 13 heavy (non-hydrogen) atoms. The van der Waals surface area contributed by atoms with Gasteiger partial charge in [-0.2, -0.15) is 0 Å². The minimum absolute atomic E-state index is 0.793. The van der Waals surface area contributed by atoms with Crippen molar-refractivity contribution in [2.24, 2.45) is 0 Å². The van der Waals surface area contributed by atoms with Gasteiger partial charge in [-0.3, -0.25) is 0 Å². The fourth-order valence-corrected chi connectivity index (χ4v) is 2.60. The highest BCUT2D eigenvalue weighted by molar-refractivity contribution is 8.01. The molecule has 0 aliphatic rings. The highest BCUT2D eigenvalue weighted by Crippen LogP contribution is 2.29. The van der Waals surface area contributed by atoms with E-state index in [4.69, 9.17) is 5.73 Å². The van der Waals surface area contributed by atoms with Gasteiger partial charge in [0.2, 0.25) is 0 Å². The van der Waals surface area contributed by atoms with Gasteiger partial charge in [0.05, 0.1) is 0 Å². The molecule has 1 aromatic carbocycles. The van der Waals surface area contributed by atoms with E-state index in [9.17, 15) is 0 Å². The number of nitrogens with two attached hydrogens (primary N) is 1. The molecule has 0 saturated carbocycles. The number of nitrogens with zero attached hydrogens (tertiary/aromatic N) is 1. The molecule has 0 aliphatic carbocycles. The molecule has 1 heterocycles. The second-order valence-electron chi connectivity index (χ2n) is 2.47. The topological polar surface area (TPSA) is 38.9 Å². The van der Waals surface area contributed by atoms with Gasteiger partial charge in [0, 0.05) is 22.2 Å². The van der Waals surface area contributed by atoms with Crippen molar-refractivity contribution in [2.75, 3.05) is 5.73 Å². The summed E-state index contributed by atoms with van der Waals surface area (Å²) in [6.07, 6.45) is 1.80. The van der Waals surface area contributed by atoms with Crippen LogP contribution in [0.1, 0.15) is 0 Å². The van der Waals surface area contributed by atoms with Crippen molar-refractivity contribution in [2.45, 2.75) is 9.24 Å². The highest BCUT2D eigenvalue weighted by atomic mass is 32.2. The van der Waals surface area contributed by atoms with Gasteiger partial charge in [-0.05, 0) is 18.2 Å². The number of thiazole rings is 1. The maximum Gasteiger partial charge on any atom is 0.154 e. The molecular weight excluding hydrogens is 200 g/mol. The standard InChI is InChI=1S/C9H8N2S2/c10-7-2-1-3-8(6-7)13-9-11-4-5-12-9/h1-6H,10H2. The molecule has 0 amide bonds. The van der Waals surface area contributed by atoms with Crippen molar-refractivity contribution < 1.29 is 0 Å². The van der Waals surface area contributed by atoms with Crippen molar-refractivity contribution in [3.63, 3.8) is 0 Å². The summed E-state index contributed by atoms with van der Waals surface area (Å²) < 4.78 is 1.05. The Bertz CT molecular complexity index is 384. The van der Waals surface area contributed by atoms with E-state index >= 15 is 0 Å². The zero-order valence-corrected chi connectivity index (χ0v) is 8.44. The Morgan fingerprint density at radius 2 is 2.31 bits per heavy atom. The molecule has 0 spiro atoms. The maximum absolute atomic E-state index is 5.66. The first kappa shape index (κ1) is 8.59. The third-order valence-electron chi connectivity index (χ3n) is 1.47. The minimum Gasteiger partial charge on any atom is -0.399 e. The normalized spacial score (nSPS) is 10.2. The Kier molecular flexibility index (Phi) is 2.52. The van der Waals surface area contributed by atoms with Gasteiger partial charge in [-0.1, -0.05) is 17.8 Å². The van der Waals surface area contributed by atoms with Gasteiger partial charge in [0.1, 0.15) is 0 Å². The fraction of sp³-hybridized carbons (Fsp3) is 0. The van der Waals surface area contributed by atoms with Crippen LogP contribution in [0.25, 0.3) is 0 Å². The monoisotopic (exact) mass is 208 g/mol. The number of rotatable bonds is 2. The predicted octanol–water partition coefficient (Wildman–Crippen LogP) is 2.88. The third-order valence-corrected chi connectivity index (χ3v) is 3.35. The zero-order chi connectivity index (χ0) is 9.10. The van der Waals surface area contributed by atoms with E-state index in [1.54, 1.807) is 29.3 Å². The molecule has 2 N–H and O–H groups in total.